The van der Waals surface area contributed by atoms with Crippen molar-refractivity contribution in [3.8, 4) is 5.75 Å². The van der Waals surface area contributed by atoms with Crippen LogP contribution in [0.4, 0.5) is 0 Å². The largest absolute Gasteiger partial charge is 0.497 e. The molecule has 0 saturated heterocycles. The van der Waals surface area contributed by atoms with Crippen molar-refractivity contribution in [1.82, 2.24) is 14.8 Å². The highest BCUT2D eigenvalue weighted by Crippen LogP contribution is 2.17. The monoisotopic (exact) mass is 399 g/mol. The average Bonchev–Trinajstić information content (AvgIpc) is 3.15. The predicted octanol–water partition coefficient (Wildman–Crippen LogP) is 4.31. The molecule has 0 fully saturated rings. The number of benzene rings is 1. The van der Waals surface area contributed by atoms with E-state index in [1.807, 2.05) is 17.0 Å². The van der Waals surface area contributed by atoms with Crippen LogP contribution < -0.4 is 10.1 Å². The van der Waals surface area contributed by atoms with Crippen LogP contribution in [-0.4, -0.2) is 41.6 Å². The third-order valence-corrected chi connectivity index (χ3v) is 5.36. The zero-order chi connectivity index (χ0) is 21.2. The number of ether oxygens (including phenoxy) is 1. The van der Waals surface area contributed by atoms with E-state index in [-0.39, 0.29) is 11.9 Å². The minimum Gasteiger partial charge on any atom is -0.497 e. The van der Waals surface area contributed by atoms with Gasteiger partial charge >= 0.3 is 0 Å². The van der Waals surface area contributed by atoms with Crippen molar-refractivity contribution in [3.63, 3.8) is 0 Å². The van der Waals surface area contributed by atoms with E-state index in [4.69, 9.17) is 4.74 Å². The highest BCUT2D eigenvalue weighted by Gasteiger charge is 2.20. The first-order chi connectivity index (χ1) is 13.9. The Balaban J connectivity index is 2.05. The molecule has 5 nitrogen and oxygen atoms in total. The van der Waals surface area contributed by atoms with E-state index < -0.39 is 0 Å². The molecular weight excluding hydrogens is 362 g/mol. The fourth-order valence-corrected chi connectivity index (χ4v) is 3.29. The Morgan fingerprint density at radius 3 is 2.69 bits per heavy atom. The topological polar surface area (TPSA) is 46.5 Å². The molecule has 29 heavy (non-hydrogen) atoms. The van der Waals surface area contributed by atoms with Crippen molar-refractivity contribution >= 4 is 5.91 Å². The first-order valence-corrected chi connectivity index (χ1v) is 10.7. The van der Waals surface area contributed by atoms with Gasteiger partial charge in [0.15, 0.2) is 0 Å². The number of amides is 1. The molecule has 0 aliphatic heterocycles. The lowest BCUT2D eigenvalue weighted by atomic mass is 10.1. The zero-order valence-electron chi connectivity index (χ0n) is 18.6. The Bertz CT molecular complexity index is 754. The van der Waals surface area contributed by atoms with Gasteiger partial charge in [-0.3, -0.25) is 4.79 Å². The van der Waals surface area contributed by atoms with Crippen LogP contribution in [0.3, 0.4) is 0 Å². The second kappa shape index (κ2) is 11.7. The van der Waals surface area contributed by atoms with Crippen molar-refractivity contribution in [2.24, 2.45) is 5.92 Å². The number of methoxy groups -OCH3 is 1. The SMILES string of the molecule is CCC(C)N(Cc1cccn1Cc1cccc(OC)c1)C(=O)CNCCC(C)C. The second-order valence-corrected chi connectivity index (χ2v) is 8.12. The first-order valence-electron chi connectivity index (χ1n) is 10.7. The van der Waals surface area contributed by atoms with Crippen LogP contribution in [0.1, 0.15) is 51.8 Å². The van der Waals surface area contributed by atoms with E-state index in [0.717, 1.165) is 37.4 Å². The van der Waals surface area contributed by atoms with Gasteiger partial charge in [-0.25, -0.2) is 0 Å². The first kappa shape index (κ1) is 23.0. The molecular formula is C24H37N3O2. The normalized spacial score (nSPS) is 12.2. The molecule has 1 atom stereocenters. The summed E-state index contributed by atoms with van der Waals surface area (Å²) in [6.45, 7) is 11.3. The molecule has 1 unspecified atom stereocenters. The summed E-state index contributed by atoms with van der Waals surface area (Å²) < 4.78 is 7.55. The van der Waals surface area contributed by atoms with Crippen LogP contribution in [-0.2, 0) is 17.9 Å². The minimum absolute atomic E-state index is 0.164. The van der Waals surface area contributed by atoms with Crippen LogP contribution in [0.25, 0.3) is 0 Å². The Kier molecular flexibility index (Phi) is 9.26. The molecule has 1 amide bonds. The lowest BCUT2D eigenvalue weighted by Crippen LogP contribution is -2.43. The molecule has 0 aliphatic carbocycles. The maximum Gasteiger partial charge on any atom is 0.237 e. The smallest absolute Gasteiger partial charge is 0.237 e. The molecule has 0 radical (unpaired) electrons. The summed E-state index contributed by atoms with van der Waals surface area (Å²) in [6.07, 6.45) is 4.10. The van der Waals surface area contributed by atoms with Crippen molar-refractivity contribution in [3.05, 3.63) is 53.9 Å². The van der Waals surface area contributed by atoms with Gasteiger partial charge < -0.3 is 19.5 Å². The number of carbonyl (C=O) groups is 1. The highest BCUT2D eigenvalue weighted by atomic mass is 16.5. The molecule has 5 heteroatoms. The summed E-state index contributed by atoms with van der Waals surface area (Å²) >= 11 is 0. The van der Waals surface area contributed by atoms with E-state index >= 15 is 0 Å². The number of rotatable bonds is 12. The molecule has 2 rings (SSSR count). The molecule has 160 valence electrons. The number of carbonyl (C=O) groups excluding carboxylic acids is 1. The summed E-state index contributed by atoms with van der Waals surface area (Å²) in [5.41, 5.74) is 2.32. The van der Waals surface area contributed by atoms with Crippen LogP contribution in [0.5, 0.6) is 5.75 Å². The fourth-order valence-electron chi connectivity index (χ4n) is 3.29. The summed E-state index contributed by atoms with van der Waals surface area (Å²) in [5.74, 6) is 1.67. The van der Waals surface area contributed by atoms with Gasteiger partial charge in [-0.1, -0.05) is 32.9 Å². The number of hydrogen-bond donors (Lipinski definition) is 1. The summed E-state index contributed by atoms with van der Waals surface area (Å²) in [4.78, 5) is 14.9. The average molecular weight is 400 g/mol. The van der Waals surface area contributed by atoms with Gasteiger partial charge in [-0.2, -0.15) is 0 Å². The Hall–Kier alpha value is -2.27. The Morgan fingerprint density at radius 1 is 1.21 bits per heavy atom. The Morgan fingerprint density at radius 2 is 2.00 bits per heavy atom. The van der Waals surface area contributed by atoms with Crippen LogP contribution >= 0.6 is 0 Å². The van der Waals surface area contributed by atoms with E-state index in [9.17, 15) is 4.79 Å². The van der Waals surface area contributed by atoms with E-state index in [0.29, 0.717) is 19.0 Å². The van der Waals surface area contributed by atoms with Crippen molar-refractivity contribution in [2.45, 2.75) is 59.7 Å². The number of aromatic nitrogens is 1. The van der Waals surface area contributed by atoms with Crippen LogP contribution in [0.15, 0.2) is 42.6 Å². The van der Waals surface area contributed by atoms with Crippen molar-refractivity contribution in [2.75, 3.05) is 20.2 Å². The minimum atomic E-state index is 0.164. The Labute approximate surface area is 176 Å². The molecule has 1 aromatic carbocycles. The van der Waals surface area contributed by atoms with Crippen molar-refractivity contribution in [1.29, 1.82) is 0 Å². The van der Waals surface area contributed by atoms with Gasteiger partial charge in [-0.05, 0) is 62.1 Å². The lowest BCUT2D eigenvalue weighted by molar-refractivity contribution is -0.133. The number of hydrogen-bond acceptors (Lipinski definition) is 3. The standard InChI is InChI=1S/C24H37N3O2/c1-6-20(4)27(24(28)16-25-13-12-19(2)3)18-22-10-8-14-26(22)17-21-9-7-11-23(15-21)29-5/h7-11,14-15,19-20,25H,6,12-13,16-18H2,1-5H3. The second-order valence-electron chi connectivity index (χ2n) is 8.12. The van der Waals surface area contributed by atoms with Gasteiger partial charge in [-0.15, -0.1) is 0 Å². The van der Waals surface area contributed by atoms with Gasteiger partial charge in [0.25, 0.3) is 0 Å². The molecule has 0 spiro atoms. The lowest BCUT2D eigenvalue weighted by Gasteiger charge is -2.29. The van der Waals surface area contributed by atoms with Gasteiger partial charge in [0.2, 0.25) is 5.91 Å². The van der Waals surface area contributed by atoms with E-state index in [2.05, 4.69) is 68.0 Å². The van der Waals surface area contributed by atoms with Gasteiger partial charge in [0.1, 0.15) is 5.75 Å². The van der Waals surface area contributed by atoms with Crippen LogP contribution in [0.2, 0.25) is 0 Å². The van der Waals surface area contributed by atoms with Gasteiger partial charge in [0.05, 0.1) is 20.2 Å². The van der Waals surface area contributed by atoms with Crippen LogP contribution in [0, 0.1) is 5.92 Å². The fraction of sp³-hybridized carbons (Fsp3) is 0.542. The van der Waals surface area contributed by atoms with E-state index in [1.54, 1.807) is 7.11 Å². The summed E-state index contributed by atoms with van der Waals surface area (Å²) in [5, 5.41) is 3.31. The zero-order valence-corrected chi connectivity index (χ0v) is 18.6. The molecule has 1 heterocycles. The van der Waals surface area contributed by atoms with E-state index in [1.165, 1.54) is 5.56 Å². The molecule has 1 N–H and O–H groups in total. The highest BCUT2D eigenvalue weighted by molar-refractivity contribution is 5.78. The summed E-state index contributed by atoms with van der Waals surface area (Å²) in [6, 6.07) is 12.5. The quantitative estimate of drug-likeness (QED) is 0.541. The van der Waals surface area contributed by atoms with Crippen molar-refractivity contribution < 1.29 is 9.53 Å². The van der Waals surface area contributed by atoms with Gasteiger partial charge in [0, 0.05) is 24.5 Å². The molecule has 1 aromatic heterocycles. The molecule has 0 saturated carbocycles. The number of nitrogens with zero attached hydrogens (tertiary/aromatic N) is 2. The predicted molar refractivity (Wildman–Crippen MR) is 119 cm³/mol. The third-order valence-electron chi connectivity index (χ3n) is 5.36. The summed E-state index contributed by atoms with van der Waals surface area (Å²) in [7, 11) is 1.69. The maximum atomic E-state index is 12.9. The maximum absolute atomic E-state index is 12.9. The molecule has 2 aromatic rings. The molecule has 0 aliphatic rings. The number of nitrogens with one attached hydrogen (secondary N) is 1. The third kappa shape index (κ3) is 7.24. The molecule has 0 bridgehead atoms.